The van der Waals surface area contributed by atoms with Gasteiger partial charge in [0.25, 0.3) is 0 Å². The van der Waals surface area contributed by atoms with Crippen molar-refractivity contribution in [3.8, 4) is 11.1 Å². The maximum Gasteiger partial charge on any atom is 0.340 e. The quantitative estimate of drug-likeness (QED) is 0.396. The summed E-state index contributed by atoms with van der Waals surface area (Å²) >= 11 is 0. The molecule has 0 radical (unpaired) electrons. The minimum Gasteiger partial charge on any atom is -0.461 e. The Morgan fingerprint density at radius 3 is 2.33 bits per heavy atom. The lowest BCUT2D eigenvalue weighted by molar-refractivity contribution is -0.171. The highest BCUT2D eigenvalue weighted by Crippen LogP contribution is 2.46. The average molecular weight is 505 g/mol. The Kier molecular flexibility index (Phi) is 7.93. The standard InChI is InChI=1S/C27H38F2N4O3/c1-15(2)35-25(34)22(36-26(4,5)6)19-16(3)32-24(30)20(17-13-18(28)23(29)31-14-17)21(19)33-11-9-27(7,8)10-12-33/h13-15,22H,9-12H2,1-8H3,(H2,30,32)/t22-/m0/s1. The number of hydrogen-bond acceptors (Lipinski definition) is 7. The van der Waals surface area contributed by atoms with E-state index in [-0.39, 0.29) is 22.9 Å². The summed E-state index contributed by atoms with van der Waals surface area (Å²) in [6.45, 7) is 16.6. The van der Waals surface area contributed by atoms with E-state index in [0.29, 0.717) is 35.6 Å². The van der Waals surface area contributed by atoms with Gasteiger partial charge in [0.2, 0.25) is 5.95 Å². The van der Waals surface area contributed by atoms with Crippen LogP contribution in [0.25, 0.3) is 11.1 Å². The van der Waals surface area contributed by atoms with E-state index in [2.05, 4.69) is 28.7 Å². The molecule has 7 nitrogen and oxygen atoms in total. The summed E-state index contributed by atoms with van der Waals surface area (Å²) in [5.41, 5.74) is 8.14. The average Bonchev–Trinajstić information content (AvgIpc) is 2.73. The number of carbonyl (C=O) groups is 1. The zero-order valence-corrected chi connectivity index (χ0v) is 22.5. The van der Waals surface area contributed by atoms with Crippen LogP contribution >= 0.6 is 0 Å². The highest BCUT2D eigenvalue weighted by molar-refractivity contribution is 5.92. The summed E-state index contributed by atoms with van der Waals surface area (Å²) in [6, 6.07) is 1.05. The Labute approximate surface area is 212 Å². The number of nitrogen functional groups attached to an aromatic ring is 1. The van der Waals surface area contributed by atoms with Crippen LogP contribution in [0.15, 0.2) is 12.3 Å². The monoisotopic (exact) mass is 504 g/mol. The van der Waals surface area contributed by atoms with E-state index in [1.54, 1.807) is 20.8 Å². The molecule has 0 spiro atoms. The summed E-state index contributed by atoms with van der Waals surface area (Å²) in [7, 11) is 0. The van der Waals surface area contributed by atoms with Crippen LogP contribution in [-0.4, -0.2) is 40.7 Å². The van der Waals surface area contributed by atoms with E-state index in [1.807, 2.05) is 20.8 Å². The summed E-state index contributed by atoms with van der Waals surface area (Å²) in [4.78, 5) is 23.6. The van der Waals surface area contributed by atoms with Crippen molar-refractivity contribution >= 4 is 17.5 Å². The number of aromatic nitrogens is 2. The molecular weight excluding hydrogens is 466 g/mol. The first-order valence-corrected chi connectivity index (χ1v) is 12.3. The Morgan fingerprint density at radius 1 is 1.19 bits per heavy atom. The second kappa shape index (κ2) is 10.3. The van der Waals surface area contributed by atoms with Gasteiger partial charge in [0.15, 0.2) is 11.9 Å². The van der Waals surface area contributed by atoms with E-state index in [0.717, 1.165) is 18.9 Å². The topological polar surface area (TPSA) is 90.6 Å². The van der Waals surface area contributed by atoms with Crippen LogP contribution < -0.4 is 10.6 Å². The van der Waals surface area contributed by atoms with Gasteiger partial charge in [-0.25, -0.2) is 19.2 Å². The summed E-state index contributed by atoms with van der Waals surface area (Å²) in [5, 5.41) is 0. The van der Waals surface area contributed by atoms with Crippen LogP contribution in [-0.2, 0) is 14.3 Å². The predicted molar refractivity (Wildman–Crippen MR) is 137 cm³/mol. The maximum atomic E-state index is 14.3. The number of aryl methyl sites for hydroxylation is 1. The van der Waals surface area contributed by atoms with Crippen LogP contribution in [0.2, 0.25) is 0 Å². The molecule has 1 aliphatic rings. The Morgan fingerprint density at radius 2 is 1.81 bits per heavy atom. The van der Waals surface area contributed by atoms with Crippen LogP contribution in [0, 0.1) is 24.1 Å². The summed E-state index contributed by atoms with van der Waals surface area (Å²) in [5.74, 6) is -2.71. The van der Waals surface area contributed by atoms with Gasteiger partial charge in [-0.05, 0) is 65.9 Å². The lowest BCUT2D eigenvalue weighted by atomic mass is 9.82. The summed E-state index contributed by atoms with van der Waals surface area (Å²) < 4.78 is 39.9. The first kappa shape index (κ1) is 27.8. The van der Waals surface area contributed by atoms with Crippen molar-refractivity contribution in [3.05, 3.63) is 35.3 Å². The van der Waals surface area contributed by atoms with Gasteiger partial charge in [-0.2, -0.15) is 4.39 Å². The van der Waals surface area contributed by atoms with Crippen molar-refractivity contribution in [1.29, 1.82) is 0 Å². The molecule has 198 valence electrons. The number of rotatable bonds is 6. The molecule has 0 aromatic carbocycles. The molecule has 9 heteroatoms. The minimum absolute atomic E-state index is 0.135. The number of pyridine rings is 2. The highest BCUT2D eigenvalue weighted by atomic mass is 19.2. The minimum atomic E-state index is -1.20. The van der Waals surface area contributed by atoms with Crippen molar-refractivity contribution in [2.24, 2.45) is 5.41 Å². The van der Waals surface area contributed by atoms with Gasteiger partial charge in [-0.15, -0.1) is 0 Å². The van der Waals surface area contributed by atoms with Gasteiger partial charge in [0.05, 0.1) is 17.4 Å². The lowest BCUT2D eigenvalue weighted by Gasteiger charge is -2.41. The van der Waals surface area contributed by atoms with Crippen molar-refractivity contribution in [2.45, 2.75) is 86.0 Å². The molecule has 1 fully saturated rings. The van der Waals surface area contributed by atoms with Crippen molar-refractivity contribution in [3.63, 3.8) is 0 Å². The highest BCUT2D eigenvalue weighted by Gasteiger charge is 2.38. The largest absolute Gasteiger partial charge is 0.461 e. The fraction of sp³-hybridized carbons (Fsp3) is 0.593. The third kappa shape index (κ3) is 6.30. The van der Waals surface area contributed by atoms with Crippen LogP contribution in [0.5, 0.6) is 0 Å². The van der Waals surface area contributed by atoms with Gasteiger partial charge in [0, 0.05) is 41.7 Å². The van der Waals surface area contributed by atoms with E-state index in [4.69, 9.17) is 15.2 Å². The van der Waals surface area contributed by atoms with Gasteiger partial charge >= 0.3 is 5.97 Å². The molecule has 1 atom stereocenters. The van der Waals surface area contributed by atoms with E-state index in [1.165, 1.54) is 6.20 Å². The molecule has 0 aliphatic carbocycles. The first-order valence-electron chi connectivity index (χ1n) is 12.3. The molecule has 0 unspecified atom stereocenters. The molecule has 3 heterocycles. The molecule has 1 saturated heterocycles. The van der Waals surface area contributed by atoms with E-state index < -0.39 is 29.4 Å². The number of carbonyl (C=O) groups excluding carboxylic acids is 1. The van der Waals surface area contributed by atoms with Gasteiger partial charge in [0.1, 0.15) is 5.82 Å². The number of nitrogens with zero attached hydrogens (tertiary/aromatic N) is 3. The summed E-state index contributed by atoms with van der Waals surface area (Å²) in [6.07, 6.45) is 1.55. The van der Waals surface area contributed by atoms with E-state index >= 15 is 0 Å². The molecule has 1 aliphatic heterocycles. The first-order chi connectivity index (χ1) is 16.6. The third-order valence-corrected chi connectivity index (χ3v) is 6.24. The van der Waals surface area contributed by atoms with Gasteiger partial charge in [-0.1, -0.05) is 13.8 Å². The van der Waals surface area contributed by atoms with Crippen molar-refractivity contribution in [2.75, 3.05) is 23.7 Å². The Balaban J connectivity index is 2.33. The molecule has 0 amide bonds. The van der Waals surface area contributed by atoms with Crippen molar-refractivity contribution < 1.29 is 23.0 Å². The van der Waals surface area contributed by atoms with Gasteiger partial charge in [-0.3, -0.25) is 0 Å². The van der Waals surface area contributed by atoms with Gasteiger partial charge < -0.3 is 20.1 Å². The molecule has 0 saturated carbocycles. The SMILES string of the molecule is Cc1nc(N)c(-c2cnc(F)c(F)c2)c(N2CCC(C)(C)CC2)c1[C@H](OC(C)(C)C)C(=O)OC(C)C. The smallest absolute Gasteiger partial charge is 0.340 e. The normalized spacial score (nSPS) is 16.8. The molecule has 36 heavy (non-hydrogen) atoms. The maximum absolute atomic E-state index is 14.3. The number of halogens is 2. The fourth-order valence-electron chi connectivity index (χ4n) is 4.42. The number of ether oxygens (including phenoxy) is 2. The molecular formula is C27H38F2N4O3. The van der Waals surface area contributed by atoms with Crippen molar-refractivity contribution in [1.82, 2.24) is 9.97 Å². The second-order valence-electron chi connectivity index (χ2n) is 11.5. The molecule has 2 aromatic rings. The molecule has 2 aromatic heterocycles. The fourth-order valence-corrected chi connectivity index (χ4v) is 4.42. The third-order valence-electron chi connectivity index (χ3n) is 6.24. The number of anilines is 2. The van der Waals surface area contributed by atoms with Crippen LogP contribution in [0.4, 0.5) is 20.3 Å². The number of hydrogen-bond donors (Lipinski definition) is 1. The number of nitrogens with two attached hydrogens (primary N) is 1. The van der Waals surface area contributed by atoms with Crippen LogP contribution in [0.1, 0.15) is 78.7 Å². The number of piperidine rings is 1. The molecule has 3 rings (SSSR count). The van der Waals surface area contributed by atoms with E-state index in [9.17, 15) is 13.6 Å². The van der Waals surface area contributed by atoms with Crippen LogP contribution in [0.3, 0.4) is 0 Å². The zero-order valence-electron chi connectivity index (χ0n) is 22.5. The Bertz CT molecular complexity index is 1120. The molecule has 2 N–H and O–H groups in total. The zero-order chi connectivity index (χ0) is 27.0. The predicted octanol–water partition coefficient (Wildman–Crippen LogP) is 5.75. The second-order valence-corrected chi connectivity index (χ2v) is 11.5. The lowest BCUT2D eigenvalue weighted by Crippen LogP contribution is -2.39. The molecule has 0 bridgehead atoms. The Hall–Kier alpha value is -2.81. The number of esters is 1.